The van der Waals surface area contributed by atoms with Crippen molar-refractivity contribution in [1.82, 2.24) is 9.88 Å². The fourth-order valence-electron chi connectivity index (χ4n) is 2.11. The van der Waals surface area contributed by atoms with E-state index in [-0.39, 0.29) is 11.1 Å². The van der Waals surface area contributed by atoms with Gasteiger partial charge in [0.25, 0.3) is 5.56 Å². The summed E-state index contributed by atoms with van der Waals surface area (Å²) in [5, 5.41) is 8.77. The molecule has 0 radical (unpaired) electrons. The van der Waals surface area contributed by atoms with Crippen LogP contribution in [0.15, 0.2) is 17.1 Å². The first-order chi connectivity index (χ1) is 7.22. The Hall–Kier alpha value is -1.60. The molecule has 1 aliphatic rings. The summed E-state index contributed by atoms with van der Waals surface area (Å²) in [5.74, 6) is 0. The molecule has 0 aromatic carbocycles. The topological polar surface area (TPSA) is 59.9 Å². The molecule has 4 heteroatoms. The summed E-state index contributed by atoms with van der Waals surface area (Å²) in [5.41, 5.74) is 0.931. The van der Waals surface area contributed by atoms with E-state index in [4.69, 9.17) is 5.26 Å². The molecule has 1 atom stereocenters. The van der Waals surface area contributed by atoms with E-state index in [1.807, 2.05) is 6.07 Å². The van der Waals surface area contributed by atoms with Crippen LogP contribution in [-0.2, 0) is 0 Å². The van der Waals surface area contributed by atoms with Crippen molar-refractivity contribution < 1.29 is 0 Å². The van der Waals surface area contributed by atoms with Crippen molar-refractivity contribution in [2.24, 2.45) is 0 Å². The van der Waals surface area contributed by atoms with Gasteiger partial charge in [-0.3, -0.25) is 9.69 Å². The third-order valence-corrected chi connectivity index (χ3v) is 2.95. The molecule has 1 aliphatic heterocycles. The summed E-state index contributed by atoms with van der Waals surface area (Å²) >= 11 is 0. The van der Waals surface area contributed by atoms with E-state index in [1.165, 1.54) is 6.42 Å². The number of hydrogen-bond acceptors (Lipinski definition) is 3. The second-order valence-electron chi connectivity index (χ2n) is 3.93. The van der Waals surface area contributed by atoms with Gasteiger partial charge in [0.1, 0.15) is 11.6 Å². The van der Waals surface area contributed by atoms with Crippen molar-refractivity contribution in [2.45, 2.75) is 18.9 Å². The molecule has 1 saturated heterocycles. The Kier molecular flexibility index (Phi) is 2.57. The Balaban J connectivity index is 2.38. The van der Waals surface area contributed by atoms with Crippen LogP contribution >= 0.6 is 0 Å². The molecule has 1 fully saturated rings. The lowest BCUT2D eigenvalue weighted by Gasteiger charge is -2.19. The number of aromatic nitrogens is 1. The largest absolute Gasteiger partial charge is 0.328 e. The Labute approximate surface area is 88.1 Å². The molecule has 1 aromatic heterocycles. The Morgan fingerprint density at radius 1 is 1.67 bits per heavy atom. The lowest BCUT2D eigenvalue weighted by Crippen LogP contribution is -2.19. The number of H-pyrrole nitrogens is 1. The number of nitrogens with one attached hydrogen (secondary N) is 1. The highest BCUT2D eigenvalue weighted by molar-refractivity contribution is 5.31. The van der Waals surface area contributed by atoms with Crippen LogP contribution in [0, 0.1) is 11.3 Å². The molecule has 1 aromatic rings. The van der Waals surface area contributed by atoms with E-state index in [1.54, 1.807) is 12.3 Å². The minimum absolute atomic E-state index is 0.202. The lowest BCUT2D eigenvalue weighted by atomic mass is 10.1. The van der Waals surface area contributed by atoms with Crippen LogP contribution in [0.4, 0.5) is 0 Å². The molecule has 4 nitrogen and oxygen atoms in total. The number of likely N-dealkylation sites (tertiary alicyclic amines) is 1. The smallest absolute Gasteiger partial charge is 0.265 e. The molecule has 0 spiro atoms. The van der Waals surface area contributed by atoms with Crippen molar-refractivity contribution in [3.8, 4) is 6.07 Å². The zero-order valence-electron chi connectivity index (χ0n) is 8.66. The monoisotopic (exact) mass is 203 g/mol. The van der Waals surface area contributed by atoms with Crippen LogP contribution in [0.3, 0.4) is 0 Å². The SMILES string of the molecule is CN1CCCC1c1c[nH]c(=O)c(C#N)c1. The van der Waals surface area contributed by atoms with Crippen LogP contribution in [0.25, 0.3) is 0 Å². The summed E-state index contributed by atoms with van der Waals surface area (Å²) in [6.07, 6.45) is 3.98. The third-order valence-electron chi connectivity index (χ3n) is 2.95. The number of nitriles is 1. The van der Waals surface area contributed by atoms with Gasteiger partial charge in [0.15, 0.2) is 0 Å². The quantitative estimate of drug-likeness (QED) is 0.741. The number of hydrogen-bond donors (Lipinski definition) is 1. The number of rotatable bonds is 1. The standard InChI is InChI=1S/C11H13N3O/c1-14-4-2-3-10(14)9-5-8(6-12)11(15)13-7-9/h5,7,10H,2-4H2,1H3,(H,13,15). The van der Waals surface area contributed by atoms with Gasteiger partial charge in [0, 0.05) is 12.2 Å². The Morgan fingerprint density at radius 2 is 2.47 bits per heavy atom. The zero-order chi connectivity index (χ0) is 10.8. The molecule has 1 N–H and O–H groups in total. The maximum absolute atomic E-state index is 11.2. The van der Waals surface area contributed by atoms with Gasteiger partial charge in [-0.1, -0.05) is 0 Å². The molecular weight excluding hydrogens is 190 g/mol. The van der Waals surface area contributed by atoms with Crippen LogP contribution in [0.2, 0.25) is 0 Å². The van der Waals surface area contributed by atoms with E-state index in [9.17, 15) is 4.79 Å². The fourth-order valence-corrected chi connectivity index (χ4v) is 2.11. The van der Waals surface area contributed by atoms with Gasteiger partial charge in [-0.2, -0.15) is 5.26 Å². The first-order valence-electron chi connectivity index (χ1n) is 5.05. The van der Waals surface area contributed by atoms with Gasteiger partial charge in [-0.05, 0) is 38.1 Å². The van der Waals surface area contributed by atoms with E-state index in [0.29, 0.717) is 6.04 Å². The van der Waals surface area contributed by atoms with E-state index >= 15 is 0 Å². The van der Waals surface area contributed by atoms with E-state index in [0.717, 1.165) is 18.5 Å². The second-order valence-corrected chi connectivity index (χ2v) is 3.93. The third kappa shape index (κ3) is 1.79. The van der Waals surface area contributed by atoms with Crippen LogP contribution in [0.5, 0.6) is 0 Å². The van der Waals surface area contributed by atoms with Gasteiger partial charge in [-0.25, -0.2) is 0 Å². The fraction of sp³-hybridized carbons (Fsp3) is 0.455. The molecular formula is C11H13N3O. The second kappa shape index (κ2) is 3.87. The van der Waals surface area contributed by atoms with Gasteiger partial charge >= 0.3 is 0 Å². The summed E-state index contributed by atoms with van der Waals surface area (Å²) < 4.78 is 0. The molecule has 0 amide bonds. The maximum Gasteiger partial charge on any atom is 0.265 e. The molecule has 0 saturated carbocycles. The van der Waals surface area contributed by atoms with Gasteiger partial charge < -0.3 is 4.98 Å². The highest BCUT2D eigenvalue weighted by Crippen LogP contribution is 2.29. The molecule has 0 bridgehead atoms. The number of pyridine rings is 1. The number of aromatic amines is 1. The van der Waals surface area contributed by atoms with Crippen LogP contribution in [-0.4, -0.2) is 23.5 Å². The summed E-state index contributed by atoms with van der Waals surface area (Å²) in [7, 11) is 2.06. The summed E-state index contributed by atoms with van der Waals surface area (Å²) in [6, 6.07) is 3.95. The lowest BCUT2D eigenvalue weighted by molar-refractivity contribution is 0.317. The van der Waals surface area contributed by atoms with Crippen LogP contribution < -0.4 is 5.56 Å². The van der Waals surface area contributed by atoms with Crippen molar-refractivity contribution >= 4 is 0 Å². The summed E-state index contributed by atoms with van der Waals surface area (Å²) in [4.78, 5) is 16.1. The predicted octanol–water partition coefficient (Wildman–Crippen LogP) is 1.01. The zero-order valence-corrected chi connectivity index (χ0v) is 8.66. The molecule has 15 heavy (non-hydrogen) atoms. The van der Waals surface area contributed by atoms with Crippen molar-refractivity contribution in [3.05, 3.63) is 33.7 Å². The highest BCUT2D eigenvalue weighted by atomic mass is 16.1. The highest BCUT2D eigenvalue weighted by Gasteiger charge is 2.23. The average Bonchev–Trinajstić information content (AvgIpc) is 2.65. The van der Waals surface area contributed by atoms with Crippen molar-refractivity contribution in [2.75, 3.05) is 13.6 Å². The minimum Gasteiger partial charge on any atom is -0.328 e. The normalized spacial score (nSPS) is 21.5. The van der Waals surface area contributed by atoms with E-state index in [2.05, 4.69) is 16.9 Å². The number of nitrogens with zero attached hydrogens (tertiary/aromatic N) is 2. The van der Waals surface area contributed by atoms with Gasteiger partial charge in [-0.15, -0.1) is 0 Å². The molecule has 0 aliphatic carbocycles. The summed E-state index contributed by atoms with van der Waals surface area (Å²) in [6.45, 7) is 1.08. The van der Waals surface area contributed by atoms with Crippen LogP contribution in [0.1, 0.15) is 30.0 Å². The minimum atomic E-state index is -0.304. The Morgan fingerprint density at radius 3 is 3.07 bits per heavy atom. The maximum atomic E-state index is 11.2. The molecule has 2 rings (SSSR count). The van der Waals surface area contributed by atoms with E-state index < -0.39 is 0 Å². The molecule has 2 heterocycles. The Bertz CT molecular complexity index is 458. The average molecular weight is 203 g/mol. The van der Waals surface area contributed by atoms with Crippen molar-refractivity contribution in [1.29, 1.82) is 5.26 Å². The van der Waals surface area contributed by atoms with Crippen molar-refractivity contribution in [3.63, 3.8) is 0 Å². The first kappa shape index (κ1) is 9.94. The molecule has 78 valence electrons. The molecule has 1 unspecified atom stereocenters. The van der Waals surface area contributed by atoms with Gasteiger partial charge in [0.2, 0.25) is 0 Å². The first-order valence-corrected chi connectivity index (χ1v) is 5.05. The predicted molar refractivity (Wildman–Crippen MR) is 56.4 cm³/mol. The van der Waals surface area contributed by atoms with Gasteiger partial charge in [0.05, 0.1) is 0 Å².